The van der Waals surface area contributed by atoms with E-state index in [-0.39, 0.29) is 6.04 Å². The van der Waals surface area contributed by atoms with Crippen molar-refractivity contribution in [2.24, 2.45) is 0 Å². The molecule has 1 fully saturated rings. The van der Waals surface area contributed by atoms with Gasteiger partial charge in [-0.3, -0.25) is 4.90 Å². The zero-order valence-corrected chi connectivity index (χ0v) is 12.5. The lowest BCUT2D eigenvalue weighted by molar-refractivity contribution is 0.190. The molecule has 1 saturated heterocycles. The van der Waals surface area contributed by atoms with Gasteiger partial charge in [-0.2, -0.15) is 4.98 Å². The van der Waals surface area contributed by atoms with Crippen LogP contribution in [-0.4, -0.2) is 41.7 Å². The van der Waals surface area contributed by atoms with Crippen LogP contribution in [-0.2, 0) is 0 Å². The number of likely N-dealkylation sites (N-methyl/N-ethyl adjacent to an activating group) is 1. The third-order valence-electron chi connectivity index (χ3n) is 4.27. The minimum Gasteiger partial charge on any atom is -0.334 e. The molecule has 1 N–H and O–H groups in total. The Morgan fingerprint density at radius 2 is 2.05 bits per heavy atom. The molecular weight excluding hydrogens is 276 g/mol. The van der Waals surface area contributed by atoms with Gasteiger partial charge in [0, 0.05) is 25.2 Å². The smallest absolute Gasteiger partial charge is 0.258 e. The van der Waals surface area contributed by atoms with Gasteiger partial charge in [-0.1, -0.05) is 41.6 Å². The van der Waals surface area contributed by atoms with Gasteiger partial charge in [0.1, 0.15) is 0 Å². The van der Waals surface area contributed by atoms with Crippen molar-refractivity contribution in [3.63, 3.8) is 0 Å². The van der Waals surface area contributed by atoms with Crippen molar-refractivity contribution < 1.29 is 4.52 Å². The van der Waals surface area contributed by atoms with Crippen LogP contribution in [0, 0.1) is 0 Å². The average molecular weight is 294 g/mol. The lowest BCUT2D eigenvalue weighted by Gasteiger charge is -2.30. The summed E-state index contributed by atoms with van der Waals surface area (Å²) in [5, 5.41) is 9.90. The first kappa shape index (κ1) is 13.4. The summed E-state index contributed by atoms with van der Waals surface area (Å²) in [7, 11) is 2.10. The van der Waals surface area contributed by atoms with Gasteiger partial charge in [0.25, 0.3) is 5.89 Å². The molecule has 112 valence electrons. The third kappa shape index (κ3) is 2.28. The Labute approximate surface area is 128 Å². The summed E-state index contributed by atoms with van der Waals surface area (Å²) in [5.74, 6) is 1.34. The van der Waals surface area contributed by atoms with Gasteiger partial charge in [-0.25, -0.2) is 0 Å². The second-order valence-electron chi connectivity index (χ2n) is 5.68. The quantitative estimate of drug-likeness (QED) is 0.787. The summed E-state index contributed by atoms with van der Waals surface area (Å²) in [4.78, 5) is 6.90. The summed E-state index contributed by atoms with van der Waals surface area (Å²) < 4.78 is 5.54. The number of rotatable bonds is 2. The van der Waals surface area contributed by atoms with Crippen LogP contribution < -0.4 is 5.32 Å². The minimum atomic E-state index is 0.168. The molecule has 0 spiro atoms. The third-order valence-corrected chi connectivity index (χ3v) is 4.27. The van der Waals surface area contributed by atoms with Gasteiger partial charge >= 0.3 is 0 Å². The monoisotopic (exact) mass is 294 g/mol. The molecule has 0 amide bonds. The molecule has 5 nitrogen and oxygen atoms in total. The zero-order valence-electron chi connectivity index (χ0n) is 12.5. The summed E-state index contributed by atoms with van der Waals surface area (Å²) >= 11 is 0. The number of nitrogens with zero attached hydrogens (tertiary/aromatic N) is 3. The van der Waals surface area contributed by atoms with Crippen LogP contribution in [0.4, 0.5) is 0 Å². The van der Waals surface area contributed by atoms with Crippen LogP contribution in [0.5, 0.6) is 0 Å². The molecular formula is C17H18N4O. The second-order valence-corrected chi connectivity index (χ2v) is 5.68. The maximum Gasteiger partial charge on any atom is 0.258 e. The van der Waals surface area contributed by atoms with Gasteiger partial charge in [-0.05, 0) is 23.9 Å². The van der Waals surface area contributed by atoms with Crippen LogP contribution in [0.1, 0.15) is 11.9 Å². The van der Waals surface area contributed by atoms with Crippen LogP contribution in [0.3, 0.4) is 0 Å². The molecule has 2 aromatic carbocycles. The Morgan fingerprint density at radius 1 is 1.18 bits per heavy atom. The van der Waals surface area contributed by atoms with Crippen molar-refractivity contribution in [2.75, 3.05) is 26.7 Å². The van der Waals surface area contributed by atoms with Crippen molar-refractivity contribution in [3.05, 3.63) is 48.3 Å². The maximum atomic E-state index is 5.54. The molecule has 1 aliphatic heterocycles. The number of aromatic nitrogens is 2. The predicted octanol–water partition coefficient (Wildman–Crippen LogP) is 2.47. The Bertz CT molecular complexity index is 793. The Morgan fingerprint density at radius 3 is 2.95 bits per heavy atom. The molecule has 1 atom stereocenters. The molecule has 2 heterocycles. The summed E-state index contributed by atoms with van der Waals surface area (Å²) in [6.07, 6.45) is 0. The molecule has 4 rings (SSSR count). The van der Waals surface area contributed by atoms with E-state index in [2.05, 4.69) is 45.6 Å². The predicted molar refractivity (Wildman–Crippen MR) is 85.5 cm³/mol. The van der Waals surface area contributed by atoms with E-state index in [4.69, 9.17) is 4.52 Å². The van der Waals surface area contributed by atoms with E-state index in [1.807, 2.05) is 24.3 Å². The standard InChI is InChI=1S/C17H18N4O/c1-21-10-9-18-11-15(21)16-19-17(22-20-16)14-8-4-6-12-5-2-3-7-13(12)14/h2-8,15,18H,9-11H2,1H3. The Kier molecular flexibility index (Phi) is 3.36. The Hall–Kier alpha value is -2.24. The molecule has 0 radical (unpaired) electrons. The number of hydrogen-bond donors (Lipinski definition) is 1. The molecule has 3 aromatic rings. The molecule has 1 aromatic heterocycles. The van der Waals surface area contributed by atoms with Crippen LogP contribution in [0.25, 0.3) is 22.2 Å². The van der Waals surface area contributed by atoms with Gasteiger partial charge in [0.15, 0.2) is 5.82 Å². The number of piperazine rings is 1. The van der Waals surface area contributed by atoms with Crippen molar-refractivity contribution in [1.82, 2.24) is 20.4 Å². The summed E-state index contributed by atoms with van der Waals surface area (Å²) in [5.41, 5.74) is 0.989. The van der Waals surface area contributed by atoms with E-state index >= 15 is 0 Å². The van der Waals surface area contributed by atoms with E-state index in [0.717, 1.165) is 36.4 Å². The molecule has 0 bridgehead atoms. The lowest BCUT2D eigenvalue weighted by atomic mass is 10.0. The highest BCUT2D eigenvalue weighted by molar-refractivity contribution is 5.94. The SMILES string of the molecule is CN1CCNCC1c1noc(-c2cccc3ccccc23)n1. The van der Waals surface area contributed by atoms with Crippen molar-refractivity contribution in [3.8, 4) is 11.5 Å². The molecule has 1 unspecified atom stereocenters. The molecule has 0 aliphatic carbocycles. The molecule has 0 saturated carbocycles. The molecule has 1 aliphatic rings. The largest absolute Gasteiger partial charge is 0.334 e. The van der Waals surface area contributed by atoms with E-state index in [0.29, 0.717) is 5.89 Å². The van der Waals surface area contributed by atoms with E-state index < -0.39 is 0 Å². The fourth-order valence-electron chi connectivity index (χ4n) is 2.99. The van der Waals surface area contributed by atoms with Gasteiger partial charge in [-0.15, -0.1) is 0 Å². The van der Waals surface area contributed by atoms with Gasteiger partial charge in [0.2, 0.25) is 0 Å². The van der Waals surface area contributed by atoms with Crippen molar-refractivity contribution in [1.29, 1.82) is 0 Å². The zero-order chi connectivity index (χ0) is 14.9. The molecule has 22 heavy (non-hydrogen) atoms. The summed E-state index contributed by atoms with van der Waals surface area (Å²) in [6.45, 7) is 2.84. The van der Waals surface area contributed by atoms with E-state index in [1.165, 1.54) is 5.39 Å². The van der Waals surface area contributed by atoms with E-state index in [1.54, 1.807) is 0 Å². The van der Waals surface area contributed by atoms with Crippen molar-refractivity contribution in [2.45, 2.75) is 6.04 Å². The fraction of sp³-hybridized carbons (Fsp3) is 0.294. The number of hydrogen-bond acceptors (Lipinski definition) is 5. The normalized spacial score (nSPS) is 19.6. The average Bonchev–Trinajstić information content (AvgIpc) is 3.04. The van der Waals surface area contributed by atoms with E-state index in [9.17, 15) is 0 Å². The van der Waals surface area contributed by atoms with Gasteiger partial charge in [0.05, 0.1) is 6.04 Å². The number of fused-ring (bicyclic) bond motifs is 1. The first-order valence-electron chi connectivity index (χ1n) is 7.55. The summed E-state index contributed by atoms with van der Waals surface area (Å²) in [6, 6.07) is 14.6. The maximum absolute atomic E-state index is 5.54. The fourth-order valence-corrected chi connectivity index (χ4v) is 2.99. The lowest BCUT2D eigenvalue weighted by Crippen LogP contribution is -2.44. The topological polar surface area (TPSA) is 54.2 Å². The van der Waals surface area contributed by atoms with Crippen LogP contribution in [0.15, 0.2) is 47.0 Å². The van der Waals surface area contributed by atoms with Gasteiger partial charge < -0.3 is 9.84 Å². The molecule has 5 heteroatoms. The van der Waals surface area contributed by atoms with Crippen LogP contribution in [0.2, 0.25) is 0 Å². The Balaban J connectivity index is 1.74. The van der Waals surface area contributed by atoms with Crippen molar-refractivity contribution >= 4 is 10.8 Å². The van der Waals surface area contributed by atoms with Crippen LogP contribution >= 0.6 is 0 Å². The minimum absolute atomic E-state index is 0.168. The number of benzene rings is 2. The number of nitrogens with one attached hydrogen (secondary N) is 1. The highest BCUT2D eigenvalue weighted by Crippen LogP contribution is 2.28. The first-order chi connectivity index (χ1) is 10.8. The highest BCUT2D eigenvalue weighted by atomic mass is 16.5. The highest BCUT2D eigenvalue weighted by Gasteiger charge is 2.25. The second kappa shape index (κ2) is 5.51. The first-order valence-corrected chi connectivity index (χ1v) is 7.55.